The van der Waals surface area contributed by atoms with Crippen LogP contribution in [0.4, 0.5) is 0 Å². The molecule has 1 rings (SSSR count). The summed E-state index contributed by atoms with van der Waals surface area (Å²) < 4.78 is 0. The minimum atomic E-state index is 1.09. The maximum absolute atomic E-state index is 2.18. The highest BCUT2D eigenvalue weighted by Gasteiger charge is 1.91. The van der Waals surface area contributed by atoms with Gasteiger partial charge in [0.2, 0.25) is 0 Å². The van der Waals surface area contributed by atoms with Crippen molar-refractivity contribution in [3.8, 4) is 0 Å². The van der Waals surface area contributed by atoms with Gasteiger partial charge in [-0.2, -0.15) is 0 Å². The van der Waals surface area contributed by atoms with E-state index in [4.69, 9.17) is 0 Å². The van der Waals surface area contributed by atoms with E-state index < -0.39 is 0 Å². The van der Waals surface area contributed by atoms with Crippen LogP contribution >= 0.6 is 0 Å². The van der Waals surface area contributed by atoms with E-state index in [2.05, 4.69) is 38.2 Å². The second-order valence-corrected chi connectivity index (χ2v) is 2.50. The molecule has 0 heterocycles. The third-order valence-electron chi connectivity index (χ3n) is 1.44. The average Bonchev–Trinajstić information content (AvgIpc) is 2.10. The van der Waals surface area contributed by atoms with E-state index in [0.29, 0.717) is 0 Å². The van der Waals surface area contributed by atoms with Gasteiger partial charge in [-0.15, -0.1) is 0 Å². The predicted octanol–water partition coefficient (Wildman–Crippen LogP) is 3.87. The molecule has 0 aromatic carbocycles. The largest absolute Gasteiger partial charge is 0.0801 e. The van der Waals surface area contributed by atoms with E-state index in [1.807, 2.05) is 13.8 Å². The minimum Gasteiger partial charge on any atom is -0.0801 e. The molecule has 1 aliphatic carbocycles. The first-order chi connectivity index (χ1) is 5.30. The molecule has 0 aromatic rings. The molecule has 0 aromatic heterocycles. The van der Waals surface area contributed by atoms with Crippen molar-refractivity contribution in [2.75, 3.05) is 0 Å². The molecule has 0 atom stereocenters. The molecule has 0 spiro atoms. The van der Waals surface area contributed by atoms with Crippen LogP contribution in [0.3, 0.4) is 0 Å². The van der Waals surface area contributed by atoms with Crippen molar-refractivity contribution < 1.29 is 0 Å². The van der Waals surface area contributed by atoms with Crippen molar-refractivity contribution in [1.29, 1.82) is 0 Å². The summed E-state index contributed by atoms with van der Waals surface area (Å²) in [5.74, 6) is 0. The third kappa shape index (κ3) is 3.82. The topological polar surface area (TPSA) is 0 Å². The average molecular weight is 150 g/mol. The molecule has 11 heavy (non-hydrogen) atoms. The summed E-state index contributed by atoms with van der Waals surface area (Å²) in [6.45, 7) is 8.27. The van der Waals surface area contributed by atoms with E-state index in [1.54, 1.807) is 0 Å². The van der Waals surface area contributed by atoms with Crippen molar-refractivity contribution in [3.63, 3.8) is 0 Å². The lowest BCUT2D eigenvalue weighted by atomic mass is 10.1. The molecular weight excluding hydrogens is 132 g/mol. The Morgan fingerprint density at radius 2 is 1.55 bits per heavy atom. The van der Waals surface area contributed by atoms with Crippen LogP contribution in [-0.2, 0) is 0 Å². The summed E-state index contributed by atoms with van der Waals surface area (Å²) in [5, 5.41) is 0. The first-order valence-electron chi connectivity index (χ1n) is 4.31. The highest BCUT2D eigenvalue weighted by molar-refractivity contribution is 5.37. The van der Waals surface area contributed by atoms with Crippen LogP contribution in [0.5, 0.6) is 0 Å². The molecule has 0 N–H and O–H groups in total. The summed E-state index contributed by atoms with van der Waals surface area (Å²) in [6.07, 6.45) is 9.81. The van der Waals surface area contributed by atoms with Crippen LogP contribution in [0.1, 0.15) is 34.1 Å². The first kappa shape index (κ1) is 10.2. The third-order valence-corrected chi connectivity index (χ3v) is 1.44. The van der Waals surface area contributed by atoms with Gasteiger partial charge in [-0.1, -0.05) is 43.7 Å². The summed E-state index contributed by atoms with van der Waals surface area (Å²) in [4.78, 5) is 0. The summed E-state index contributed by atoms with van der Waals surface area (Å²) in [5.41, 5.74) is 2.75. The predicted molar refractivity (Wildman–Crippen MR) is 52.6 cm³/mol. The molecule has 1 aliphatic rings. The van der Waals surface area contributed by atoms with Gasteiger partial charge in [0, 0.05) is 0 Å². The maximum atomic E-state index is 2.18. The van der Waals surface area contributed by atoms with Crippen molar-refractivity contribution >= 4 is 0 Å². The fourth-order valence-corrected chi connectivity index (χ4v) is 0.857. The van der Waals surface area contributed by atoms with Gasteiger partial charge in [0.05, 0.1) is 0 Å². The van der Waals surface area contributed by atoms with Crippen molar-refractivity contribution in [2.45, 2.75) is 34.1 Å². The monoisotopic (exact) mass is 150 g/mol. The first-order valence-corrected chi connectivity index (χ1v) is 4.31. The molecule has 0 saturated carbocycles. The van der Waals surface area contributed by atoms with Crippen molar-refractivity contribution in [1.82, 2.24) is 0 Å². The van der Waals surface area contributed by atoms with E-state index in [1.165, 1.54) is 11.1 Å². The van der Waals surface area contributed by atoms with E-state index in [0.717, 1.165) is 6.42 Å². The molecule has 0 bridgehead atoms. The molecule has 62 valence electrons. The lowest BCUT2D eigenvalue weighted by Crippen LogP contribution is -1.80. The van der Waals surface area contributed by atoms with Crippen molar-refractivity contribution in [3.05, 3.63) is 35.5 Å². The molecule has 0 aliphatic heterocycles. The fraction of sp³-hybridized carbons (Fsp3) is 0.455. The van der Waals surface area contributed by atoms with E-state index in [-0.39, 0.29) is 0 Å². The lowest BCUT2D eigenvalue weighted by molar-refractivity contribution is 1.28. The Balaban J connectivity index is 0.000000461. The normalized spacial score (nSPS) is 14.0. The Hall–Kier alpha value is -0.780. The zero-order valence-electron chi connectivity index (χ0n) is 8.02. The van der Waals surface area contributed by atoms with Gasteiger partial charge in [0.1, 0.15) is 0 Å². The quantitative estimate of drug-likeness (QED) is 0.492. The molecule has 0 heteroatoms. The zero-order valence-corrected chi connectivity index (χ0v) is 8.02. The number of hydrogen-bond acceptors (Lipinski definition) is 0. The highest BCUT2D eigenvalue weighted by Crippen LogP contribution is 2.11. The Bertz CT molecular complexity index is 162. The number of rotatable bonds is 0. The van der Waals surface area contributed by atoms with Crippen LogP contribution in [0, 0.1) is 0 Å². The molecule has 0 unspecified atom stereocenters. The Morgan fingerprint density at radius 3 is 1.82 bits per heavy atom. The van der Waals surface area contributed by atoms with Gasteiger partial charge in [-0.05, 0) is 25.8 Å². The molecule has 0 radical (unpaired) electrons. The SMILES string of the molecule is CC.CC(C)=C1C=CCC=C1. The molecular formula is C11H18. The second kappa shape index (κ2) is 5.96. The zero-order chi connectivity index (χ0) is 8.69. The van der Waals surface area contributed by atoms with Gasteiger partial charge in [0.25, 0.3) is 0 Å². The summed E-state index contributed by atoms with van der Waals surface area (Å²) in [6, 6.07) is 0. The second-order valence-electron chi connectivity index (χ2n) is 2.50. The van der Waals surface area contributed by atoms with Crippen LogP contribution in [0.15, 0.2) is 35.5 Å². The van der Waals surface area contributed by atoms with Crippen LogP contribution in [0.2, 0.25) is 0 Å². The van der Waals surface area contributed by atoms with Gasteiger partial charge in [-0.3, -0.25) is 0 Å². The molecule has 0 amide bonds. The number of allylic oxidation sites excluding steroid dienone is 6. The Labute approximate surface area is 70.3 Å². The van der Waals surface area contributed by atoms with E-state index >= 15 is 0 Å². The van der Waals surface area contributed by atoms with Crippen molar-refractivity contribution in [2.24, 2.45) is 0 Å². The minimum absolute atomic E-state index is 1.09. The standard InChI is InChI=1S/C9H12.C2H6/c1-8(2)9-6-4-3-5-7-9;1-2/h4-7H,3H2,1-2H3;1-2H3. The van der Waals surface area contributed by atoms with Crippen LogP contribution in [-0.4, -0.2) is 0 Å². The smallest absolute Gasteiger partial charge is 0.0163 e. The van der Waals surface area contributed by atoms with Gasteiger partial charge >= 0.3 is 0 Å². The highest BCUT2D eigenvalue weighted by atomic mass is 14.0. The lowest BCUT2D eigenvalue weighted by Gasteiger charge is -2.00. The van der Waals surface area contributed by atoms with Crippen LogP contribution < -0.4 is 0 Å². The fourth-order valence-electron chi connectivity index (χ4n) is 0.857. The van der Waals surface area contributed by atoms with Crippen LogP contribution in [0.25, 0.3) is 0 Å². The Kier molecular flexibility index (Phi) is 5.54. The van der Waals surface area contributed by atoms with E-state index in [9.17, 15) is 0 Å². The summed E-state index contributed by atoms with van der Waals surface area (Å²) >= 11 is 0. The molecule has 0 nitrogen and oxygen atoms in total. The summed E-state index contributed by atoms with van der Waals surface area (Å²) in [7, 11) is 0. The number of hydrogen-bond donors (Lipinski definition) is 0. The Morgan fingerprint density at radius 1 is 1.09 bits per heavy atom. The van der Waals surface area contributed by atoms with Gasteiger partial charge in [-0.25, -0.2) is 0 Å². The maximum Gasteiger partial charge on any atom is -0.0163 e. The molecule has 0 fully saturated rings. The molecule has 0 saturated heterocycles. The van der Waals surface area contributed by atoms with Gasteiger partial charge < -0.3 is 0 Å². The van der Waals surface area contributed by atoms with Gasteiger partial charge in [0.15, 0.2) is 0 Å².